The summed E-state index contributed by atoms with van der Waals surface area (Å²) in [5.74, 6) is 0.815. The quantitative estimate of drug-likeness (QED) is 0.908. The van der Waals surface area contributed by atoms with Crippen LogP contribution >= 0.6 is 0 Å². The Kier molecular flexibility index (Phi) is 3.76. The minimum Gasteiger partial charge on any atom is -0.354 e. The standard InChI is InChI=1S/C15H22N4O/c1-12-10-15-18(8-9-19(15)17-12)7-6-16-14(20)11-13-4-2-3-5-13/h8-10,13H,2-7,11H2,1H3,(H,16,20). The van der Waals surface area contributed by atoms with Gasteiger partial charge in [0.1, 0.15) is 5.65 Å². The molecule has 0 radical (unpaired) electrons. The van der Waals surface area contributed by atoms with Crippen molar-refractivity contribution in [3.63, 3.8) is 0 Å². The lowest BCUT2D eigenvalue weighted by Gasteiger charge is -2.10. The largest absolute Gasteiger partial charge is 0.354 e. The van der Waals surface area contributed by atoms with E-state index in [4.69, 9.17) is 0 Å². The lowest BCUT2D eigenvalue weighted by molar-refractivity contribution is -0.122. The van der Waals surface area contributed by atoms with Crippen molar-refractivity contribution in [1.29, 1.82) is 0 Å². The minimum atomic E-state index is 0.199. The first-order valence-electron chi connectivity index (χ1n) is 7.50. The van der Waals surface area contributed by atoms with Gasteiger partial charge in [-0.3, -0.25) is 4.79 Å². The van der Waals surface area contributed by atoms with E-state index in [-0.39, 0.29) is 5.91 Å². The first-order chi connectivity index (χ1) is 9.72. The Bertz CT molecular complexity index is 592. The summed E-state index contributed by atoms with van der Waals surface area (Å²) >= 11 is 0. The van der Waals surface area contributed by atoms with Gasteiger partial charge in [0.25, 0.3) is 0 Å². The van der Waals surface area contributed by atoms with Crippen LogP contribution in [-0.2, 0) is 11.3 Å². The van der Waals surface area contributed by atoms with Crippen molar-refractivity contribution in [2.45, 2.75) is 45.6 Å². The SMILES string of the molecule is Cc1cc2n(CCNC(=O)CC3CCCC3)ccn2n1. The molecule has 3 rings (SSSR count). The molecule has 1 aliphatic carbocycles. The van der Waals surface area contributed by atoms with Crippen LogP contribution in [0.3, 0.4) is 0 Å². The molecule has 1 amide bonds. The van der Waals surface area contributed by atoms with Crippen LogP contribution in [0.4, 0.5) is 0 Å². The molecule has 0 aliphatic heterocycles. The zero-order chi connectivity index (χ0) is 13.9. The molecule has 1 aliphatic rings. The van der Waals surface area contributed by atoms with Gasteiger partial charge in [-0.25, -0.2) is 4.52 Å². The highest BCUT2D eigenvalue weighted by Crippen LogP contribution is 2.27. The summed E-state index contributed by atoms with van der Waals surface area (Å²) in [6, 6.07) is 2.06. The zero-order valence-corrected chi connectivity index (χ0v) is 12.0. The van der Waals surface area contributed by atoms with Crippen molar-refractivity contribution in [3.8, 4) is 0 Å². The average molecular weight is 274 g/mol. The van der Waals surface area contributed by atoms with Crippen LogP contribution < -0.4 is 5.32 Å². The molecule has 2 heterocycles. The fraction of sp³-hybridized carbons (Fsp3) is 0.600. The molecule has 1 saturated carbocycles. The number of rotatable bonds is 5. The molecule has 1 N–H and O–H groups in total. The monoisotopic (exact) mass is 274 g/mol. The van der Waals surface area contributed by atoms with E-state index in [1.54, 1.807) is 0 Å². The number of carbonyl (C=O) groups excluding carboxylic acids is 1. The summed E-state index contributed by atoms with van der Waals surface area (Å²) in [6.07, 6.45) is 9.68. The Hall–Kier alpha value is -1.78. The third kappa shape index (κ3) is 2.86. The van der Waals surface area contributed by atoms with Gasteiger partial charge in [-0.1, -0.05) is 12.8 Å². The molecule has 108 valence electrons. The van der Waals surface area contributed by atoms with E-state index in [2.05, 4.69) is 21.0 Å². The van der Waals surface area contributed by atoms with E-state index >= 15 is 0 Å². The molecule has 5 heteroatoms. The molecule has 1 fully saturated rings. The van der Waals surface area contributed by atoms with Crippen LogP contribution in [0.15, 0.2) is 18.5 Å². The third-order valence-electron chi connectivity index (χ3n) is 4.14. The van der Waals surface area contributed by atoms with Gasteiger partial charge < -0.3 is 9.88 Å². The Morgan fingerprint density at radius 2 is 2.20 bits per heavy atom. The van der Waals surface area contributed by atoms with Crippen LogP contribution in [0.2, 0.25) is 0 Å². The van der Waals surface area contributed by atoms with Crippen LogP contribution in [0.5, 0.6) is 0 Å². The maximum absolute atomic E-state index is 11.9. The first kappa shape index (κ1) is 13.2. The van der Waals surface area contributed by atoms with Crippen molar-refractivity contribution in [1.82, 2.24) is 19.5 Å². The van der Waals surface area contributed by atoms with Gasteiger partial charge in [0.15, 0.2) is 0 Å². The van der Waals surface area contributed by atoms with Crippen LogP contribution in [0.25, 0.3) is 5.65 Å². The van der Waals surface area contributed by atoms with Crippen LogP contribution in [0.1, 0.15) is 37.8 Å². The number of imidazole rings is 1. The number of aromatic nitrogens is 3. The molecule has 0 atom stereocenters. The molecule has 0 bridgehead atoms. The summed E-state index contributed by atoms with van der Waals surface area (Å²) in [6.45, 7) is 3.46. The molecular formula is C15H22N4O. The van der Waals surface area contributed by atoms with E-state index < -0.39 is 0 Å². The Labute approximate surface area is 119 Å². The van der Waals surface area contributed by atoms with Crippen molar-refractivity contribution >= 4 is 11.6 Å². The molecule has 0 saturated heterocycles. The molecule has 0 aromatic carbocycles. The first-order valence-corrected chi connectivity index (χ1v) is 7.50. The lowest BCUT2D eigenvalue weighted by atomic mass is 10.0. The summed E-state index contributed by atoms with van der Waals surface area (Å²) in [4.78, 5) is 11.9. The summed E-state index contributed by atoms with van der Waals surface area (Å²) < 4.78 is 3.99. The predicted molar refractivity (Wildman–Crippen MR) is 77.5 cm³/mol. The fourth-order valence-corrected chi connectivity index (χ4v) is 3.10. The van der Waals surface area contributed by atoms with E-state index in [1.165, 1.54) is 25.7 Å². The maximum Gasteiger partial charge on any atom is 0.220 e. The van der Waals surface area contributed by atoms with Gasteiger partial charge in [-0.2, -0.15) is 5.10 Å². The van der Waals surface area contributed by atoms with E-state index in [0.717, 1.165) is 17.9 Å². The smallest absolute Gasteiger partial charge is 0.220 e. The predicted octanol–water partition coefficient (Wildman–Crippen LogP) is 2.14. The van der Waals surface area contributed by atoms with E-state index in [0.29, 0.717) is 18.9 Å². The minimum absolute atomic E-state index is 0.199. The summed E-state index contributed by atoms with van der Waals surface area (Å²) in [5, 5.41) is 7.38. The second-order valence-electron chi connectivity index (χ2n) is 5.78. The molecular weight excluding hydrogens is 252 g/mol. The van der Waals surface area contributed by atoms with Gasteiger partial charge >= 0.3 is 0 Å². The second kappa shape index (κ2) is 5.69. The Morgan fingerprint density at radius 1 is 1.40 bits per heavy atom. The molecule has 2 aromatic heterocycles. The molecule has 0 unspecified atom stereocenters. The van der Waals surface area contributed by atoms with Crippen molar-refractivity contribution < 1.29 is 4.79 Å². The molecule has 20 heavy (non-hydrogen) atoms. The normalized spacial score (nSPS) is 16.1. The van der Waals surface area contributed by atoms with Crippen LogP contribution in [-0.4, -0.2) is 26.6 Å². The zero-order valence-electron chi connectivity index (χ0n) is 12.0. The van der Waals surface area contributed by atoms with Crippen molar-refractivity contribution in [2.24, 2.45) is 5.92 Å². The topological polar surface area (TPSA) is 51.3 Å². The van der Waals surface area contributed by atoms with Gasteiger partial charge in [0, 0.05) is 38.0 Å². The van der Waals surface area contributed by atoms with Gasteiger partial charge in [0.05, 0.1) is 5.69 Å². The van der Waals surface area contributed by atoms with Crippen molar-refractivity contribution in [2.75, 3.05) is 6.54 Å². The highest BCUT2D eigenvalue weighted by Gasteiger charge is 2.18. The third-order valence-corrected chi connectivity index (χ3v) is 4.14. The average Bonchev–Trinajstić information content (AvgIpc) is 3.08. The molecule has 5 nitrogen and oxygen atoms in total. The maximum atomic E-state index is 11.9. The van der Waals surface area contributed by atoms with E-state index in [1.807, 2.05) is 23.8 Å². The number of nitrogens with one attached hydrogen (secondary N) is 1. The molecule has 2 aromatic rings. The highest BCUT2D eigenvalue weighted by molar-refractivity contribution is 5.76. The number of aryl methyl sites for hydroxylation is 1. The number of nitrogens with zero attached hydrogens (tertiary/aromatic N) is 3. The molecule has 0 spiro atoms. The van der Waals surface area contributed by atoms with Crippen molar-refractivity contribution in [3.05, 3.63) is 24.2 Å². The summed E-state index contributed by atoms with van der Waals surface area (Å²) in [7, 11) is 0. The lowest BCUT2D eigenvalue weighted by Crippen LogP contribution is -2.28. The Balaban J connectivity index is 1.48. The fourth-order valence-electron chi connectivity index (χ4n) is 3.10. The highest BCUT2D eigenvalue weighted by atomic mass is 16.1. The summed E-state index contributed by atoms with van der Waals surface area (Å²) in [5.41, 5.74) is 2.09. The van der Waals surface area contributed by atoms with Gasteiger partial charge in [-0.15, -0.1) is 0 Å². The second-order valence-corrected chi connectivity index (χ2v) is 5.78. The van der Waals surface area contributed by atoms with Crippen LogP contribution in [0, 0.1) is 12.8 Å². The van der Waals surface area contributed by atoms with Gasteiger partial charge in [-0.05, 0) is 25.7 Å². The van der Waals surface area contributed by atoms with E-state index in [9.17, 15) is 4.79 Å². The number of fused-ring (bicyclic) bond motifs is 1. The number of amides is 1. The van der Waals surface area contributed by atoms with Gasteiger partial charge in [0.2, 0.25) is 5.91 Å². The number of hydrogen-bond acceptors (Lipinski definition) is 2. The number of hydrogen-bond donors (Lipinski definition) is 1. The Morgan fingerprint density at radius 3 is 3.00 bits per heavy atom. The number of carbonyl (C=O) groups is 1.